The maximum atomic E-state index is 13.1. The van der Waals surface area contributed by atoms with Crippen molar-refractivity contribution in [1.82, 2.24) is 4.98 Å². The molecule has 5 rings (SSSR count). The minimum atomic E-state index is -0.0929. The lowest BCUT2D eigenvalue weighted by Crippen LogP contribution is -2.30. The predicted molar refractivity (Wildman–Crippen MR) is 107 cm³/mol. The van der Waals surface area contributed by atoms with Gasteiger partial charge in [0.1, 0.15) is 5.82 Å². The standard InChI is InChI=1S/C22H18N4O/c1-24-20-17-13-7-3-4-8-14(13)21(27)18-15(23)9-10-16(19(17)18)25-22(20)26-11-5-2-6-12-26/h3-4,7-10H,2,5-6,11-12,23H2. The van der Waals surface area contributed by atoms with Crippen molar-refractivity contribution in [2.45, 2.75) is 19.3 Å². The first-order chi connectivity index (χ1) is 13.2. The lowest BCUT2D eigenvalue weighted by atomic mass is 9.82. The Hall–Kier alpha value is -3.39. The van der Waals surface area contributed by atoms with Crippen molar-refractivity contribution in [2.75, 3.05) is 23.7 Å². The van der Waals surface area contributed by atoms with Crippen LogP contribution < -0.4 is 10.6 Å². The van der Waals surface area contributed by atoms with Crippen LogP contribution in [0.15, 0.2) is 36.4 Å². The van der Waals surface area contributed by atoms with Crippen LogP contribution in [0, 0.1) is 6.57 Å². The molecule has 1 fully saturated rings. The Labute approximate surface area is 157 Å². The van der Waals surface area contributed by atoms with Crippen LogP contribution in [0.2, 0.25) is 0 Å². The van der Waals surface area contributed by atoms with Crippen molar-refractivity contribution in [2.24, 2.45) is 0 Å². The third-order valence-corrected chi connectivity index (χ3v) is 5.58. The average molecular weight is 354 g/mol. The van der Waals surface area contributed by atoms with Crippen LogP contribution in [0.1, 0.15) is 35.2 Å². The molecule has 5 heteroatoms. The summed E-state index contributed by atoms with van der Waals surface area (Å²) in [6.45, 7) is 9.72. The summed E-state index contributed by atoms with van der Waals surface area (Å²) in [5.41, 5.74) is 10.6. The van der Waals surface area contributed by atoms with Crippen molar-refractivity contribution in [1.29, 1.82) is 0 Å². The monoisotopic (exact) mass is 354 g/mol. The molecule has 1 aliphatic carbocycles. The lowest BCUT2D eigenvalue weighted by Gasteiger charge is -2.31. The SMILES string of the molecule is [C-]#[N+]c1c(N2CCCCC2)nc2ccc(N)c3c2c1-c1ccccc1C3=O. The summed E-state index contributed by atoms with van der Waals surface area (Å²) < 4.78 is 0. The van der Waals surface area contributed by atoms with Crippen molar-refractivity contribution < 1.29 is 4.79 Å². The van der Waals surface area contributed by atoms with Gasteiger partial charge in [-0.3, -0.25) is 4.79 Å². The van der Waals surface area contributed by atoms with E-state index in [1.54, 1.807) is 6.07 Å². The number of ketones is 1. The normalized spacial score (nSPS) is 15.5. The molecule has 0 amide bonds. The summed E-state index contributed by atoms with van der Waals surface area (Å²) in [6, 6.07) is 11.1. The van der Waals surface area contributed by atoms with Gasteiger partial charge in [-0.25, -0.2) is 9.83 Å². The fourth-order valence-corrected chi connectivity index (χ4v) is 4.32. The van der Waals surface area contributed by atoms with Crippen LogP contribution in [-0.4, -0.2) is 23.9 Å². The van der Waals surface area contributed by atoms with Crippen molar-refractivity contribution >= 4 is 33.9 Å². The zero-order chi connectivity index (χ0) is 18.5. The summed E-state index contributed by atoms with van der Waals surface area (Å²) in [4.78, 5) is 24.0. The molecule has 1 saturated heterocycles. The molecule has 132 valence electrons. The number of fused-ring (bicyclic) bond motifs is 2. The van der Waals surface area contributed by atoms with Gasteiger partial charge in [-0.1, -0.05) is 24.3 Å². The highest BCUT2D eigenvalue weighted by atomic mass is 16.1. The fraction of sp³-hybridized carbons (Fsp3) is 0.227. The van der Waals surface area contributed by atoms with Crippen LogP contribution in [0.25, 0.3) is 26.9 Å². The molecule has 0 unspecified atom stereocenters. The Morgan fingerprint density at radius 1 is 1.00 bits per heavy atom. The van der Waals surface area contributed by atoms with E-state index in [0.717, 1.165) is 48.4 Å². The largest absolute Gasteiger partial charge is 0.398 e. The number of nitrogens with two attached hydrogens (primary N) is 1. The minimum Gasteiger partial charge on any atom is -0.398 e. The maximum Gasteiger partial charge on any atom is 0.236 e. The molecule has 0 bridgehead atoms. The van der Waals surface area contributed by atoms with Crippen LogP contribution >= 0.6 is 0 Å². The first kappa shape index (κ1) is 15.8. The second-order valence-corrected chi connectivity index (χ2v) is 7.12. The Morgan fingerprint density at radius 3 is 2.48 bits per heavy atom. The highest BCUT2D eigenvalue weighted by Gasteiger charge is 2.32. The van der Waals surface area contributed by atoms with Crippen LogP contribution in [0.4, 0.5) is 17.2 Å². The zero-order valence-corrected chi connectivity index (χ0v) is 14.8. The molecule has 2 aliphatic rings. The fourth-order valence-electron chi connectivity index (χ4n) is 4.32. The van der Waals surface area contributed by atoms with E-state index >= 15 is 0 Å². The number of pyridine rings is 1. The van der Waals surface area contributed by atoms with Gasteiger partial charge in [0.15, 0.2) is 5.78 Å². The van der Waals surface area contributed by atoms with Crippen LogP contribution in [0.3, 0.4) is 0 Å². The minimum absolute atomic E-state index is 0.0929. The molecule has 2 aromatic carbocycles. The molecule has 0 saturated carbocycles. The van der Waals surface area contributed by atoms with E-state index in [2.05, 4.69) is 9.74 Å². The topological polar surface area (TPSA) is 63.6 Å². The number of benzene rings is 2. The van der Waals surface area contributed by atoms with E-state index in [9.17, 15) is 4.79 Å². The van der Waals surface area contributed by atoms with Gasteiger partial charge in [0.05, 0.1) is 17.7 Å². The van der Waals surface area contributed by atoms with E-state index < -0.39 is 0 Å². The second kappa shape index (κ2) is 5.82. The van der Waals surface area contributed by atoms with Gasteiger partial charge in [0, 0.05) is 35.3 Å². The second-order valence-electron chi connectivity index (χ2n) is 7.12. The summed E-state index contributed by atoms with van der Waals surface area (Å²) in [6.07, 6.45) is 3.42. The van der Waals surface area contributed by atoms with Gasteiger partial charge in [-0.2, -0.15) is 0 Å². The van der Waals surface area contributed by atoms with Gasteiger partial charge in [0.25, 0.3) is 0 Å². The highest BCUT2D eigenvalue weighted by molar-refractivity contribution is 6.29. The summed E-state index contributed by atoms with van der Waals surface area (Å²) >= 11 is 0. The van der Waals surface area contributed by atoms with Gasteiger partial charge in [0.2, 0.25) is 5.69 Å². The number of hydrogen-bond donors (Lipinski definition) is 1. The molecule has 3 aromatic rings. The number of carbonyl (C=O) groups excluding carboxylic acids is 1. The predicted octanol–water partition coefficient (Wildman–Crippen LogP) is 4.57. The molecule has 0 spiro atoms. The summed E-state index contributed by atoms with van der Waals surface area (Å²) in [5.74, 6) is 0.636. The third-order valence-electron chi connectivity index (χ3n) is 5.58. The number of piperidine rings is 1. The average Bonchev–Trinajstić information content (AvgIpc) is 2.72. The molecule has 0 radical (unpaired) electrons. The number of anilines is 2. The Morgan fingerprint density at radius 2 is 1.74 bits per heavy atom. The van der Waals surface area contributed by atoms with Gasteiger partial charge < -0.3 is 10.6 Å². The number of rotatable bonds is 1. The first-order valence-corrected chi connectivity index (χ1v) is 9.23. The molecule has 2 heterocycles. The molecule has 27 heavy (non-hydrogen) atoms. The smallest absolute Gasteiger partial charge is 0.236 e. The quantitative estimate of drug-likeness (QED) is 0.402. The van der Waals surface area contributed by atoms with Crippen LogP contribution in [0.5, 0.6) is 0 Å². The van der Waals surface area contributed by atoms with E-state index in [1.165, 1.54) is 6.42 Å². The lowest BCUT2D eigenvalue weighted by molar-refractivity contribution is 0.104. The maximum absolute atomic E-state index is 13.1. The van der Waals surface area contributed by atoms with Crippen molar-refractivity contribution in [3.63, 3.8) is 0 Å². The first-order valence-electron chi connectivity index (χ1n) is 9.23. The number of aromatic nitrogens is 1. The molecule has 5 nitrogen and oxygen atoms in total. The zero-order valence-electron chi connectivity index (χ0n) is 14.8. The summed E-state index contributed by atoms with van der Waals surface area (Å²) in [5, 5.41) is 0.713. The van der Waals surface area contributed by atoms with Crippen LogP contribution in [-0.2, 0) is 0 Å². The molecular weight excluding hydrogens is 336 g/mol. The molecule has 0 atom stereocenters. The molecular formula is C22H18N4O. The molecule has 1 aromatic heterocycles. The number of carbonyl (C=O) groups is 1. The Bertz CT molecular complexity index is 1150. The van der Waals surface area contributed by atoms with E-state index in [-0.39, 0.29) is 5.78 Å². The number of nitrogens with zero attached hydrogens (tertiary/aromatic N) is 3. The Kier molecular flexibility index (Phi) is 3.41. The van der Waals surface area contributed by atoms with Gasteiger partial charge in [-0.15, -0.1) is 0 Å². The van der Waals surface area contributed by atoms with Gasteiger partial charge >= 0.3 is 0 Å². The number of nitrogen functional groups attached to an aromatic ring is 1. The molecule has 2 N–H and O–H groups in total. The number of hydrogen-bond acceptors (Lipinski definition) is 4. The van der Waals surface area contributed by atoms with E-state index in [4.69, 9.17) is 17.3 Å². The van der Waals surface area contributed by atoms with Crippen molar-refractivity contribution in [3.05, 3.63) is 58.9 Å². The summed E-state index contributed by atoms with van der Waals surface area (Å²) in [7, 11) is 0. The van der Waals surface area contributed by atoms with E-state index in [0.29, 0.717) is 27.9 Å². The van der Waals surface area contributed by atoms with Gasteiger partial charge in [-0.05, 0) is 37.0 Å². The van der Waals surface area contributed by atoms with E-state index in [1.807, 2.05) is 30.3 Å². The molecule has 1 aliphatic heterocycles. The Balaban J connectivity index is 1.94. The van der Waals surface area contributed by atoms with Crippen molar-refractivity contribution in [3.8, 4) is 11.1 Å². The third kappa shape index (κ3) is 2.16. The highest BCUT2D eigenvalue weighted by Crippen LogP contribution is 2.49.